The van der Waals surface area contributed by atoms with Crippen LogP contribution in [0.5, 0.6) is 0 Å². The molecule has 0 aliphatic heterocycles. The fourth-order valence-corrected chi connectivity index (χ4v) is 6.57. The number of anilines is 1. The molecule has 0 radical (unpaired) electrons. The lowest BCUT2D eigenvalue weighted by Crippen LogP contribution is -2.48. The second-order valence-electron chi connectivity index (χ2n) is 8.92. The van der Waals surface area contributed by atoms with Gasteiger partial charge in [0.2, 0.25) is 11.8 Å². The van der Waals surface area contributed by atoms with Crippen molar-refractivity contribution in [3.8, 4) is 0 Å². The number of para-hydroxylation sites is 1. The zero-order valence-corrected chi connectivity index (χ0v) is 17.0. The average Bonchev–Trinajstić information content (AvgIpc) is 3.13. The number of carbonyl (C=O) groups excluding carboxylic acids is 1. The molecule has 5 nitrogen and oxygen atoms in total. The monoisotopic (exact) mass is 419 g/mol. The second-order valence-corrected chi connectivity index (χ2v) is 10.2. The van der Waals surface area contributed by atoms with Crippen LogP contribution in [0, 0.1) is 29.4 Å². The first-order valence-electron chi connectivity index (χ1n) is 10.2. The molecule has 1 N–H and O–H groups in total. The lowest BCUT2D eigenvalue weighted by Gasteiger charge is -2.55. The highest BCUT2D eigenvalue weighted by atomic mass is 32.2. The first kappa shape index (κ1) is 19.0. The summed E-state index contributed by atoms with van der Waals surface area (Å²) in [5, 5.41) is 10.5. The third-order valence-corrected chi connectivity index (χ3v) is 7.69. The van der Waals surface area contributed by atoms with E-state index in [2.05, 4.69) is 15.5 Å². The number of amides is 1. The van der Waals surface area contributed by atoms with Gasteiger partial charge in [0, 0.05) is 5.41 Å². The summed E-state index contributed by atoms with van der Waals surface area (Å²) in [7, 11) is 0. The van der Waals surface area contributed by atoms with Crippen molar-refractivity contribution in [2.75, 3.05) is 5.32 Å². The van der Waals surface area contributed by atoms with E-state index in [-0.39, 0.29) is 5.41 Å². The van der Waals surface area contributed by atoms with Crippen LogP contribution in [-0.4, -0.2) is 21.4 Å². The molecular formula is C21H23F2N3O2S. The minimum Gasteiger partial charge on any atom is -0.415 e. The topological polar surface area (TPSA) is 68.0 Å². The summed E-state index contributed by atoms with van der Waals surface area (Å²) in [6, 6.07) is 3.46. The highest BCUT2D eigenvalue weighted by Crippen LogP contribution is 2.60. The average molecular weight is 419 g/mol. The summed E-state index contributed by atoms with van der Waals surface area (Å²) in [6.45, 7) is 1.65. The van der Waals surface area contributed by atoms with Crippen LogP contribution < -0.4 is 5.32 Å². The van der Waals surface area contributed by atoms with E-state index in [1.54, 1.807) is 6.92 Å². The van der Waals surface area contributed by atoms with Gasteiger partial charge in [-0.05, 0) is 75.3 Å². The van der Waals surface area contributed by atoms with Gasteiger partial charge in [0.25, 0.3) is 5.22 Å². The van der Waals surface area contributed by atoms with Gasteiger partial charge in [0.1, 0.15) is 17.3 Å². The van der Waals surface area contributed by atoms with Gasteiger partial charge in [0.15, 0.2) is 0 Å². The molecule has 154 valence electrons. The Hall–Kier alpha value is -1.96. The molecule has 1 amide bonds. The van der Waals surface area contributed by atoms with Crippen LogP contribution in [0.15, 0.2) is 27.8 Å². The number of aromatic nitrogens is 2. The largest absolute Gasteiger partial charge is 0.415 e. The van der Waals surface area contributed by atoms with E-state index in [0.717, 1.165) is 60.9 Å². The normalized spacial score (nSPS) is 31.1. The summed E-state index contributed by atoms with van der Waals surface area (Å²) in [5.41, 5.74) is -0.438. The Balaban J connectivity index is 1.27. The Morgan fingerprint density at radius 1 is 1.14 bits per heavy atom. The van der Waals surface area contributed by atoms with Crippen LogP contribution in [0.4, 0.5) is 14.5 Å². The molecule has 1 heterocycles. The quantitative estimate of drug-likeness (QED) is 0.696. The summed E-state index contributed by atoms with van der Waals surface area (Å²) in [5.74, 6) is 0.870. The van der Waals surface area contributed by atoms with Gasteiger partial charge < -0.3 is 9.73 Å². The van der Waals surface area contributed by atoms with Crippen LogP contribution in [0.25, 0.3) is 0 Å². The van der Waals surface area contributed by atoms with Crippen molar-refractivity contribution in [1.29, 1.82) is 0 Å². The van der Waals surface area contributed by atoms with Crippen LogP contribution in [0.2, 0.25) is 0 Å². The maximum absolute atomic E-state index is 13.8. The number of halogens is 2. The van der Waals surface area contributed by atoms with Gasteiger partial charge >= 0.3 is 0 Å². The van der Waals surface area contributed by atoms with E-state index in [9.17, 15) is 13.6 Å². The van der Waals surface area contributed by atoms with E-state index in [1.807, 2.05) is 0 Å². The minimum absolute atomic E-state index is 0.00233. The van der Waals surface area contributed by atoms with Gasteiger partial charge in [-0.1, -0.05) is 17.8 Å². The lowest BCUT2D eigenvalue weighted by atomic mass is 9.49. The summed E-state index contributed by atoms with van der Waals surface area (Å²) in [6.07, 6.45) is 7.35. The molecule has 29 heavy (non-hydrogen) atoms. The van der Waals surface area contributed by atoms with Crippen molar-refractivity contribution in [3.05, 3.63) is 35.7 Å². The Morgan fingerprint density at radius 3 is 2.31 bits per heavy atom. The van der Waals surface area contributed by atoms with Crippen LogP contribution in [-0.2, 0) is 10.2 Å². The lowest BCUT2D eigenvalue weighted by molar-refractivity contribution is -0.115. The Morgan fingerprint density at radius 2 is 1.72 bits per heavy atom. The van der Waals surface area contributed by atoms with Gasteiger partial charge in [0.05, 0.1) is 5.25 Å². The number of hydrogen-bond donors (Lipinski definition) is 1. The third-order valence-electron chi connectivity index (χ3n) is 6.76. The summed E-state index contributed by atoms with van der Waals surface area (Å²) in [4.78, 5) is 12.4. The van der Waals surface area contributed by atoms with Gasteiger partial charge in [-0.25, -0.2) is 8.78 Å². The molecule has 4 bridgehead atoms. The predicted octanol–water partition coefficient (Wildman–Crippen LogP) is 4.93. The maximum Gasteiger partial charge on any atom is 0.277 e. The minimum atomic E-state index is -0.808. The molecule has 4 aliphatic carbocycles. The number of hydrogen-bond acceptors (Lipinski definition) is 5. The van der Waals surface area contributed by atoms with Crippen molar-refractivity contribution in [1.82, 2.24) is 10.2 Å². The van der Waals surface area contributed by atoms with E-state index >= 15 is 0 Å². The van der Waals surface area contributed by atoms with Crippen molar-refractivity contribution >= 4 is 23.4 Å². The van der Waals surface area contributed by atoms with E-state index in [1.165, 1.54) is 25.3 Å². The Kier molecular flexibility index (Phi) is 4.64. The van der Waals surface area contributed by atoms with Crippen LogP contribution >= 0.6 is 11.8 Å². The van der Waals surface area contributed by atoms with E-state index in [4.69, 9.17) is 4.42 Å². The molecule has 4 aliphatic rings. The molecule has 0 spiro atoms. The fourth-order valence-electron chi connectivity index (χ4n) is 5.89. The molecule has 6 rings (SSSR count). The molecule has 4 saturated carbocycles. The summed E-state index contributed by atoms with van der Waals surface area (Å²) >= 11 is 1.11. The summed E-state index contributed by atoms with van der Waals surface area (Å²) < 4.78 is 33.5. The van der Waals surface area contributed by atoms with Crippen LogP contribution in [0.3, 0.4) is 0 Å². The van der Waals surface area contributed by atoms with Crippen molar-refractivity contribution in [2.24, 2.45) is 17.8 Å². The van der Waals surface area contributed by atoms with Crippen molar-refractivity contribution < 1.29 is 18.0 Å². The molecule has 1 aromatic carbocycles. The Labute approximate surface area is 172 Å². The van der Waals surface area contributed by atoms with Crippen molar-refractivity contribution in [3.63, 3.8) is 0 Å². The molecule has 4 fully saturated rings. The number of nitrogens with zero attached hydrogens (tertiary/aromatic N) is 2. The van der Waals surface area contributed by atoms with Gasteiger partial charge in [-0.15, -0.1) is 10.2 Å². The SMILES string of the molecule is C[C@H](Sc1nnc(C23CC4CC(CC(C4)C2)C3)o1)C(=O)Nc1c(F)cccc1F. The second kappa shape index (κ2) is 7.07. The molecule has 1 aromatic heterocycles. The smallest absolute Gasteiger partial charge is 0.277 e. The van der Waals surface area contributed by atoms with Crippen molar-refractivity contribution in [2.45, 2.75) is 61.3 Å². The third kappa shape index (κ3) is 3.45. The zero-order valence-electron chi connectivity index (χ0n) is 16.2. The molecule has 1 atom stereocenters. The molecule has 0 saturated heterocycles. The highest BCUT2D eigenvalue weighted by molar-refractivity contribution is 8.00. The van der Waals surface area contributed by atoms with Gasteiger partial charge in [-0.2, -0.15) is 0 Å². The van der Waals surface area contributed by atoms with E-state index < -0.39 is 28.5 Å². The fraction of sp³-hybridized carbons (Fsp3) is 0.571. The molecule has 0 unspecified atom stereocenters. The van der Waals surface area contributed by atoms with Crippen LogP contribution in [0.1, 0.15) is 51.3 Å². The number of carbonyl (C=O) groups is 1. The maximum atomic E-state index is 13.8. The number of benzene rings is 1. The first-order valence-corrected chi connectivity index (χ1v) is 11.1. The number of nitrogens with one attached hydrogen (secondary N) is 1. The highest BCUT2D eigenvalue weighted by Gasteiger charge is 2.54. The predicted molar refractivity (Wildman–Crippen MR) is 104 cm³/mol. The van der Waals surface area contributed by atoms with E-state index in [0.29, 0.717) is 11.1 Å². The van der Waals surface area contributed by atoms with Gasteiger partial charge in [-0.3, -0.25) is 4.79 Å². The molecular weight excluding hydrogens is 396 g/mol. The molecule has 2 aromatic rings. The number of thioether (sulfide) groups is 1. The molecule has 8 heteroatoms. The Bertz CT molecular complexity index is 892. The zero-order chi connectivity index (χ0) is 20.2. The standard InChI is InChI=1S/C21H23F2N3O2S/c1-11(18(27)24-17-15(22)3-2-4-16(17)23)29-20-26-25-19(28-20)21-8-12-5-13(9-21)7-14(6-12)10-21/h2-4,11-14H,5-10H2,1H3,(H,24,27)/t11-,12?,13?,14?,21?/m0/s1. The number of rotatable bonds is 5. The first-order chi connectivity index (χ1) is 13.9.